The van der Waals surface area contributed by atoms with Gasteiger partial charge in [0.05, 0.1) is 5.70 Å². The number of nitrogens with two attached hydrogens (primary N) is 1. The Kier molecular flexibility index (Phi) is 4.56. The predicted molar refractivity (Wildman–Crippen MR) is 86.8 cm³/mol. The molecule has 3 N–H and O–H groups in total. The summed E-state index contributed by atoms with van der Waals surface area (Å²) < 4.78 is 0. The number of hydrogen-bond acceptors (Lipinski definition) is 2. The van der Waals surface area contributed by atoms with Crippen LogP contribution in [0.25, 0.3) is 5.70 Å². The van der Waals surface area contributed by atoms with Crippen molar-refractivity contribution in [1.29, 1.82) is 0 Å². The Balaban J connectivity index is 2.22. The molecule has 0 radical (unpaired) electrons. The second-order valence-corrected chi connectivity index (χ2v) is 4.42. The largest absolute Gasteiger partial charge is 0.385 e. The Bertz CT molecular complexity index is 615. The van der Waals surface area contributed by atoms with Crippen molar-refractivity contribution in [3.05, 3.63) is 72.3 Å². The number of benzene rings is 2. The van der Waals surface area contributed by atoms with Crippen LogP contribution in [-0.2, 0) is 0 Å². The minimum absolute atomic E-state index is 0.471. The molecule has 0 aliphatic rings. The molecule has 0 saturated heterocycles. The van der Waals surface area contributed by atoms with Gasteiger partial charge >= 0.3 is 0 Å². The quantitative estimate of drug-likeness (QED) is 0.642. The first-order chi connectivity index (χ1) is 9.70. The lowest BCUT2D eigenvalue weighted by Gasteiger charge is -2.07. The van der Waals surface area contributed by atoms with Crippen molar-refractivity contribution in [1.82, 2.24) is 0 Å². The molecule has 0 amide bonds. The molecule has 0 fully saturated rings. The van der Waals surface area contributed by atoms with Crippen LogP contribution < -0.4 is 11.1 Å². The molecule has 0 heterocycles. The van der Waals surface area contributed by atoms with Gasteiger partial charge in [0.25, 0.3) is 0 Å². The molecular formula is C17H19N3. The van der Waals surface area contributed by atoms with Crippen molar-refractivity contribution in [2.75, 3.05) is 11.9 Å². The van der Waals surface area contributed by atoms with Crippen LogP contribution in [0.3, 0.4) is 0 Å². The van der Waals surface area contributed by atoms with Crippen molar-refractivity contribution >= 4 is 17.2 Å². The maximum absolute atomic E-state index is 6.06. The third-order valence-electron chi connectivity index (χ3n) is 2.90. The molecule has 0 aliphatic heterocycles. The zero-order chi connectivity index (χ0) is 14.4. The number of amidine groups is 1. The summed E-state index contributed by atoms with van der Waals surface area (Å²) in [6.07, 6.45) is 0. The average molecular weight is 265 g/mol. The van der Waals surface area contributed by atoms with E-state index in [4.69, 9.17) is 5.73 Å². The van der Waals surface area contributed by atoms with E-state index in [-0.39, 0.29) is 0 Å². The van der Waals surface area contributed by atoms with Crippen LogP contribution in [-0.4, -0.2) is 12.4 Å². The van der Waals surface area contributed by atoms with Crippen LogP contribution in [0.2, 0.25) is 0 Å². The van der Waals surface area contributed by atoms with E-state index in [0.717, 1.165) is 23.4 Å². The summed E-state index contributed by atoms with van der Waals surface area (Å²) in [4.78, 5) is 4.39. The summed E-state index contributed by atoms with van der Waals surface area (Å²) in [6, 6.07) is 17.7. The van der Waals surface area contributed by atoms with Crippen molar-refractivity contribution in [2.45, 2.75) is 6.92 Å². The first-order valence-electron chi connectivity index (χ1n) is 6.63. The summed E-state index contributed by atoms with van der Waals surface area (Å²) in [5, 5.41) is 3.25. The maximum atomic E-state index is 6.06. The molecule has 2 aromatic carbocycles. The molecular weight excluding hydrogens is 246 g/mol. The molecule has 20 heavy (non-hydrogen) atoms. The van der Waals surface area contributed by atoms with E-state index in [2.05, 4.69) is 23.8 Å². The van der Waals surface area contributed by atoms with Crippen molar-refractivity contribution in [3.8, 4) is 0 Å². The number of anilines is 1. The van der Waals surface area contributed by atoms with Crippen LogP contribution in [0.5, 0.6) is 0 Å². The highest BCUT2D eigenvalue weighted by Crippen LogP contribution is 2.15. The zero-order valence-corrected chi connectivity index (χ0v) is 11.6. The molecule has 0 aliphatic carbocycles. The van der Waals surface area contributed by atoms with Gasteiger partial charge < -0.3 is 11.1 Å². The normalized spacial score (nSPS) is 11.2. The Hall–Kier alpha value is -2.55. The van der Waals surface area contributed by atoms with Crippen LogP contribution in [0.4, 0.5) is 5.69 Å². The summed E-state index contributed by atoms with van der Waals surface area (Å²) in [5.41, 5.74) is 9.62. The Labute approximate surface area is 119 Å². The molecule has 0 spiro atoms. The minimum atomic E-state index is 0.471. The molecule has 0 aromatic heterocycles. The highest BCUT2D eigenvalue weighted by atomic mass is 14.9. The van der Waals surface area contributed by atoms with E-state index in [9.17, 15) is 0 Å². The third kappa shape index (κ3) is 3.48. The van der Waals surface area contributed by atoms with Crippen molar-refractivity contribution in [3.63, 3.8) is 0 Å². The van der Waals surface area contributed by atoms with E-state index in [1.165, 1.54) is 0 Å². The van der Waals surface area contributed by atoms with Crippen molar-refractivity contribution < 1.29 is 0 Å². The van der Waals surface area contributed by atoms with E-state index >= 15 is 0 Å². The van der Waals surface area contributed by atoms with Gasteiger partial charge in [0.2, 0.25) is 0 Å². The molecule has 102 valence electrons. The van der Waals surface area contributed by atoms with Crippen LogP contribution in [0.1, 0.15) is 18.1 Å². The second-order valence-electron chi connectivity index (χ2n) is 4.42. The van der Waals surface area contributed by atoms with E-state index < -0.39 is 0 Å². The molecule has 3 heteroatoms. The number of nitrogens with one attached hydrogen (secondary N) is 1. The third-order valence-corrected chi connectivity index (χ3v) is 2.90. The molecule has 0 bridgehead atoms. The molecule has 3 nitrogen and oxygen atoms in total. The minimum Gasteiger partial charge on any atom is -0.385 e. The summed E-state index contributed by atoms with van der Waals surface area (Å²) in [5.74, 6) is 0.471. The van der Waals surface area contributed by atoms with Gasteiger partial charge in [0.15, 0.2) is 0 Å². The van der Waals surface area contributed by atoms with Crippen LogP contribution in [0.15, 0.2) is 66.2 Å². The van der Waals surface area contributed by atoms with Crippen LogP contribution >= 0.6 is 0 Å². The molecule has 2 aromatic rings. The Morgan fingerprint density at radius 1 is 1.10 bits per heavy atom. The highest BCUT2D eigenvalue weighted by Gasteiger charge is 2.02. The lowest BCUT2D eigenvalue weighted by Crippen LogP contribution is -2.13. The number of aliphatic imine (C=N–C) groups is 1. The molecule has 0 atom stereocenters. The van der Waals surface area contributed by atoms with Gasteiger partial charge in [-0.15, -0.1) is 0 Å². The van der Waals surface area contributed by atoms with Gasteiger partial charge in [-0.1, -0.05) is 49.0 Å². The maximum Gasteiger partial charge on any atom is 0.131 e. The fourth-order valence-electron chi connectivity index (χ4n) is 1.90. The number of rotatable bonds is 5. The van der Waals surface area contributed by atoms with Gasteiger partial charge in [0.1, 0.15) is 5.84 Å². The fraction of sp³-hybridized carbons (Fsp3) is 0.118. The first kappa shape index (κ1) is 13.9. The lowest BCUT2D eigenvalue weighted by molar-refractivity contribution is 1.21. The molecule has 2 rings (SSSR count). The SMILES string of the molecule is C=C(N=C(N)c1cccc(NCC)c1)c1ccccc1. The fourth-order valence-corrected chi connectivity index (χ4v) is 1.90. The zero-order valence-electron chi connectivity index (χ0n) is 11.6. The number of nitrogens with zero attached hydrogens (tertiary/aromatic N) is 1. The standard InChI is InChI=1S/C17H19N3/c1-3-19-16-11-7-10-15(12-16)17(18)20-13(2)14-8-5-4-6-9-14/h4-12,19H,2-3H2,1H3,(H2,18,20). The molecule has 0 unspecified atom stereocenters. The Morgan fingerprint density at radius 3 is 2.50 bits per heavy atom. The monoisotopic (exact) mass is 265 g/mol. The predicted octanol–water partition coefficient (Wildman–Crippen LogP) is 3.49. The Morgan fingerprint density at radius 2 is 1.80 bits per heavy atom. The van der Waals surface area contributed by atoms with Crippen molar-refractivity contribution in [2.24, 2.45) is 10.7 Å². The van der Waals surface area contributed by atoms with Gasteiger partial charge in [-0.2, -0.15) is 0 Å². The smallest absolute Gasteiger partial charge is 0.131 e. The van der Waals surface area contributed by atoms with Gasteiger partial charge in [-0.3, -0.25) is 0 Å². The van der Waals surface area contributed by atoms with E-state index in [0.29, 0.717) is 11.5 Å². The average Bonchev–Trinajstić information content (AvgIpc) is 2.48. The van der Waals surface area contributed by atoms with Gasteiger partial charge in [0, 0.05) is 17.8 Å². The van der Waals surface area contributed by atoms with Crippen LogP contribution in [0, 0.1) is 0 Å². The topological polar surface area (TPSA) is 50.4 Å². The highest BCUT2D eigenvalue weighted by molar-refractivity contribution is 6.01. The first-order valence-corrected chi connectivity index (χ1v) is 6.63. The summed E-state index contributed by atoms with van der Waals surface area (Å²) in [7, 11) is 0. The van der Waals surface area contributed by atoms with Gasteiger partial charge in [-0.05, 0) is 24.6 Å². The molecule has 0 saturated carbocycles. The van der Waals surface area contributed by atoms with Gasteiger partial charge in [-0.25, -0.2) is 4.99 Å². The number of hydrogen-bond donors (Lipinski definition) is 2. The van der Waals surface area contributed by atoms with E-state index in [1.54, 1.807) is 0 Å². The lowest BCUT2D eigenvalue weighted by atomic mass is 10.1. The summed E-state index contributed by atoms with van der Waals surface area (Å²) in [6.45, 7) is 6.90. The summed E-state index contributed by atoms with van der Waals surface area (Å²) >= 11 is 0. The van der Waals surface area contributed by atoms with E-state index in [1.807, 2.05) is 54.6 Å². The second kappa shape index (κ2) is 6.57.